The van der Waals surface area contributed by atoms with Gasteiger partial charge < -0.3 is 15.8 Å². The molecule has 1 unspecified atom stereocenters. The third-order valence-corrected chi connectivity index (χ3v) is 7.82. The van der Waals surface area contributed by atoms with E-state index in [1.54, 1.807) is 24.5 Å². The number of H-pyrrole nitrogens is 1. The number of rotatable bonds is 5. The fourth-order valence-electron chi connectivity index (χ4n) is 6.23. The number of quaternary nitrogens is 1. The van der Waals surface area contributed by atoms with Crippen molar-refractivity contribution in [3.8, 4) is 22.5 Å². The van der Waals surface area contributed by atoms with Crippen LogP contribution in [0.3, 0.4) is 0 Å². The predicted molar refractivity (Wildman–Crippen MR) is 135 cm³/mol. The molecule has 180 valence electrons. The second-order valence-electron chi connectivity index (χ2n) is 9.68. The first-order chi connectivity index (χ1) is 17.5. The second kappa shape index (κ2) is 8.26. The molecule has 0 saturated carbocycles. The quantitative estimate of drug-likeness (QED) is 0.381. The lowest BCUT2D eigenvalue weighted by atomic mass is 9.87. The summed E-state index contributed by atoms with van der Waals surface area (Å²) in [6.07, 6.45) is 4.57. The Labute approximate surface area is 208 Å². The van der Waals surface area contributed by atoms with Crippen LogP contribution in [0.2, 0.25) is 0 Å². The Morgan fingerprint density at radius 3 is 2.19 bits per heavy atom. The van der Waals surface area contributed by atoms with E-state index in [9.17, 15) is 14.7 Å². The van der Waals surface area contributed by atoms with Gasteiger partial charge in [-0.05, 0) is 11.1 Å². The Morgan fingerprint density at radius 2 is 1.58 bits per heavy atom. The van der Waals surface area contributed by atoms with Gasteiger partial charge in [0.05, 0.1) is 6.54 Å². The number of nitrogens with one attached hydrogen (secondary N) is 1. The largest absolute Gasteiger partial charge is 0.369 e. The van der Waals surface area contributed by atoms with Crippen LogP contribution in [-0.4, -0.2) is 44.0 Å². The minimum Gasteiger partial charge on any atom is -0.369 e. The Hall–Kier alpha value is -4.07. The number of fused-ring (bicyclic) bond motifs is 3. The number of aromatic amines is 1. The summed E-state index contributed by atoms with van der Waals surface area (Å²) in [6, 6.07) is 21.9. The van der Waals surface area contributed by atoms with Crippen molar-refractivity contribution in [2.75, 3.05) is 6.54 Å². The number of benzene rings is 3. The number of amides is 2. The number of carbonyl (C=O) groups excluding carboxylic acids is 2. The number of aromatic nitrogens is 2. The van der Waals surface area contributed by atoms with Crippen LogP contribution in [0, 0.1) is 0 Å². The summed E-state index contributed by atoms with van der Waals surface area (Å²) in [5.41, 5.74) is 8.47. The molecule has 36 heavy (non-hydrogen) atoms. The molecule has 2 heterocycles. The third kappa shape index (κ3) is 3.10. The molecule has 7 nitrogen and oxygen atoms in total. The fourth-order valence-corrected chi connectivity index (χ4v) is 6.23. The molecule has 1 aromatic heterocycles. The molecule has 1 aliphatic heterocycles. The Bertz CT molecular complexity index is 1430. The molecule has 0 bridgehead atoms. The molecule has 4 N–H and O–H groups in total. The zero-order valence-corrected chi connectivity index (χ0v) is 19.7. The van der Waals surface area contributed by atoms with E-state index in [4.69, 9.17) is 5.73 Å². The maximum absolute atomic E-state index is 14.8. The summed E-state index contributed by atoms with van der Waals surface area (Å²) in [6.45, 7) is 0.627. The summed E-state index contributed by atoms with van der Waals surface area (Å²) >= 11 is 0. The number of hydrogen-bond acceptors (Lipinski definition) is 4. The van der Waals surface area contributed by atoms with Gasteiger partial charge in [-0.2, -0.15) is 0 Å². The maximum atomic E-state index is 14.8. The van der Waals surface area contributed by atoms with Crippen LogP contribution >= 0.6 is 0 Å². The monoisotopic (exact) mass is 479 g/mol. The van der Waals surface area contributed by atoms with Crippen LogP contribution < -0.4 is 5.73 Å². The van der Waals surface area contributed by atoms with Crippen molar-refractivity contribution in [1.82, 2.24) is 9.97 Å². The summed E-state index contributed by atoms with van der Waals surface area (Å²) in [5, 5.41) is 12.4. The average molecular weight is 480 g/mol. The lowest BCUT2D eigenvalue weighted by Gasteiger charge is -2.41. The van der Waals surface area contributed by atoms with Gasteiger partial charge in [-0.25, -0.2) is 14.3 Å². The number of nitrogens with two attached hydrogens (primary N) is 1. The zero-order valence-electron chi connectivity index (χ0n) is 19.7. The van der Waals surface area contributed by atoms with Crippen LogP contribution in [0.5, 0.6) is 0 Å². The number of hydrogen-bond donors (Lipinski definition) is 3. The molecule has 1 saturated heterocycles. The highest BCUT2D eigenvalue weighted by atomic mass is 16.3. The van der Waals surface area contributed by atoms with E-state index in [1.165, 1.54) is 0 Å². The first kappa shape index (κ1) is 22.4. The highest BCUT2D eigenvalue weighted by Crippen LogP contribution is 2.50. The minimum atomic E-state index is -1.90. The Morgan fingerprint density at radius 1 is 0.972 bits per heavy atom. The number of carbonyl (C=O) groups is 2. The number of aliphatic hydroxyl groups is 1. The lowest BCUT2D eigenvalue weighted by Crippen LogP contribution is -2.65. The highest BCUT2D eigenvalue weighted by Gasteiger charge is 2.62. The van der Waals surface area contributed by atoms with Crippen molar-refractivity contribution < 1.29 is 19.2 Å². The molecule has 2 aliphatic rings. The molecule has 3 aromatic carbocycles. The van der Waals surface area contributed by atoms with Gasteiger partial charge in [-0.1, -0.05) is 72.8 Å². The Kier molecular flexibility index (Phi) is 5.14. The van der Waals surface area contributed by atoms with Crippen molar-refractivity contribution in [3.63, 3.8) is 0 Å². The predicted octanol–water partition coefficient (Wildman–Crippen LogP) is 3.48. The van der Waals surface area contributed by atoms with Crippen LogP contribution in [0.15, 0.2) is 85.2 Å². The van der Waals surface area contributed by atoms with Crippen molar-refractivity contribution >= 4 is 11.8 Å². The highest BCUT2D eigenvalue weighted by molar-refractivity contribution is 5.97. The van der Waals surface area contributed by atoms with Crippen LogP contribution in [0.1, 0.15) is 29.5 Å². The number of likely N-dealkylation sites (tertiary alicyclic amines) is 1. The lowest BCUT2D eigenvalue weighted by molar-refractivity contribution is -0.873. The first-order valence-corrected chi connectivity index (χ1v) is 12.2. The molecule has 1 fully saturated rings. The third-order valence-electron chi connectivity index (χ3n) is 7.82. The van der Waals surface area contributed by atoms with Crippen molar-refractivity contribution in [1.29, 1.82) is 0 Å². The summed E-state index contributed by atoms with van der Waals surface area (Å²) in [7, 11) is 0. The standard InChI is InChI=1S/C29H26N4O3/c30-26(34)25-14-7-17-33(25,18-19-8-1-2-9-20(19)27-31-15-16-32-27)28(35)29(36)23-12-5-3-10-21(23)22-11-4-6-13-24(22)29/h1-6,8-13,15-16,25,36H,7,14,17-18H2,(H2-,30,31,32,34)/p+1/t25-,33?/m0/s1. The molecule has 7 heteroatoms. The van der Waals surface area contributed by atoms with E-state index in [1.807, 2.05) is 60.7 Å². The minimum absolute atomic E-state index is 0.218. The molecule has 2 amide bonds. The van der Waals surface area contributed by atoms with E-state index in [-0.39, 0.29) is 11.0 Å². The van der Waals surface area contributed by atoms with Gasteiger partial charge in [0.2, 0.25) is 5.60 Å². The van der Waals surface area contributed by atoms with Gasteiger partial charge >= 0.3 is 5.91 Å². The van der Waals surface area contributed by atoms with Crippen molar-refractivity contribution in [2.45, 2.75) is 31.0 Å². The topological polar surface area (TPSA) is 109 Å². The molecule has 0 spiro atoms. The van der Waals surface area contributed by atoms with E-state index >= 15 is 0 Å². The Balaban J connectivity index is 1.54. The molecule has 2 atom stereocenters. The summed E-state index contributed by atoms with van der Waals surface area (Å²) in [4.78, 5) is 35.2. The number of nitrogens with zero attached hydrogens (tertiary/aromatic N) is 2. The zero-order chi connectivity index (χ0) is 24.9. The van der Waals surface area contributed by atoms with E-state index in [2.05, 4.69) is 9.97 Å². The van der Waals surface area contributed by atoms with Gasteiger partial charge in [-0.3, -0.25) is 4.79 Å². The van der Waals surface area contributed by atoms with Crippen molar-refractivity contribution in [3.05, 3.63) is 102 Å². The van der Waals surface area contributed by atoms with E-state index < -0.39 is 23.5 Å². The number of primary amides is 1. The maximum Gasteiger partial charge on any atom is 0.355 e. The first-order valence-electron chi connectivity index (χ1n) is 12.2. The molecule has 1 aliphatic carbocycles. The number of imidazole rings is 1. The van der Waals surface area contributed by atoms with E-state index in [0.717, 1.165) is 22.3 Å². The van der Waals surface area contributed by atoms with Crippen LogP contribution in [0.4, 0.5) is 0 Å². The van der Waals surface area contributed by atoms with Gasteiger partial charge in [0, 0.05) is 47.5 Å². The van der Waals surface area contributed by atoms with Gasteiger partial charge in [-0.15, -0.1) is 0 Å². The summed E-state index contributed by atoms with van der Waals surface area (Å²) in [5.74, 6) is -0.267. The van der Waals surface area contributed by atoms with Crippen molar-refractivity contribution in [2.24, 2.45) is 5.73 Å². The normalized spacial score (nSPS) is 21.6. The molecular formula is C29H27N4O3+. The van der Waals surface area contributed by atoms with Gasteiger partial charge in [0.1, 0.15) is 12.4 Å². The average Bonchev–Trinajstić information content (AvgIpc) is 3.64. The molecule has 0 radical (unpaired) electrons. The SMILES string of the molecule is NC(=O)[C@@H]1CCC[N+]1(Cc1ccccc1-c1ncc[nH]1)C(=O)C1(O)c2ccccc2-c2ccccc21. The molecule has 4 aromatic rings. The second-order valence-corrected chi connectivity index (χ2v) is 9.68. The van der Waals surface area contributed by atoms with E-state index in [0.29, 0.717) is 36.3 Å². The molecule has 6 rings (SSSR count). The summed E-state index contributed by atoms with van der Waals surface area (Å²) < 4.78 is -0.244. The smallest absolute Gasteiger partial charge is 0.355 e. The van der Waals surface area contributed by atoms with Gasteiger partial charge in [0.25, 0.3) is 5.91 Å². The van der Waals surface area contributed by atoms with Crippen LogP contribution in [-0.2, 0) is 21.7 Å². The van der Waals surface area contributed by atoms with Gasteiger partial charge in [0.15, 0.2) is 6.04 Å². The molecular weight excluding hydrogens is 452 g/mol. The van der Waals surface area contributed by atoms with Crippen LogP contribution in [0.25, 0.3) is 22.5 Å². The fraction of sp³-hybridized carbons (Fsp3) is 0.207.